The van der Waals surface area contributed by atoms with Crippen LogP contribution in [0, 0.1) is 11.8 Å². The van der Waals surface area contributed by atoms with Crippen LogP contribution in [0.1, 0.15) is 50.7 Å². The Kier molecular flexibility index (Phi) is 5.12. The van der Waals surface area contributed by atoms with Crippen LogP contribution in [0.4, 0.5) is 0 Å². The smallest absolute Gasteiger partial charge is 0.126 e. The van der Waals surface area contributed by atoms with Crippen LogP contribution >= 0.6 is 11.6 Å². The molecule has 2 rings (SSSR count). The summed E-state index contributed by atoms with van der Waals surface area (Å²) in [5.74, 6) is 1.73. The van der Waals surface area contributed by atoms with E-state index in [2.05, 4.69) is 6.92 Å². The van der Waals surface area contributed by atoms with Gasteiger partial charge < -0.3 is 9.84 Å². The number of aliphatic hydroxyl groups is 1. The van der Waals surface area contributed by atoms with Crippen molar-refractivity contribution < 1.29 is 9.84 Å². The zero-order valence-electron chi connectivity index (χ0n) is 11.7. The van der Waals surface area contributed by atoms with Crippen LogP contribution in [0.5, 0.6) is 5.75 Å². The number of aliphatic hydroxyl groups excluding tert-OH is 1. The lowest BCUT2D eigenvalue weighted by molar-refractivity contribution is 0.0659. The quantitative estimate of drug-likeness (QED) is 0.875. The van der Waals surface area contributed by atoms with E-state index in [4.69, 9.17) is 16.3 Å². The van der Waals surface area contributed by atoms with Gasteiger partial charge in [0.25, 0.3) is 0 Å². The molecular weight excluding hydrogens is 260 g/mol. The molecule has 0 bridgehead atoms. The summed E-state index contributed by atoms with van der Waals surface area (Å²) >= 11 is 6.25. The van der Waals surface area contributed by atoms with Gasteiger partial charge in [0.1, 0.15) is 5.75 Å². The third-order valence-corrected chi connectivity index (χ3v) is 4.71. The number of benzene rings is 1. The van der Waals surface area contributed by atoms with E-state index in [1.165, 1.54) is 19.3 Å². The fraction of sp³-hybridized carbons (Fsp3) is 0.625. The number of methoxy groups -OCH3 is 1. The summed E-state index contributed by atoms with van der Waals surface area (Å²) < 4.78 is 5.35. The lowest BCUT2D eigenvalue weighted by Crippen LogP contribution is -2.22. The summed E-state index contributed by atoms with van der Waals surface area (Å²) in [6, 6.07) is 5.54. The van der Waals surface area contributed by atoms with Crippen molar-refractivity contribution in [1.82, 2.24) is 0 Å². The number of halogens is 1. The SMILES string of the molecule is CCC1CCCC(C(O)c2c(Cl)cccc2OC)C1. The molecule has 106 valence electrons. The van der Waals surface area contributed by atoms with Crippen molar-refractivity contribution in [1.29, 1.82) is 0 Å². The van der Waals surface area contributed by atoms with Crippen LogP contribution in [0.15, 0.2) is 18.2 Å². The highest BCUT2D eigenvalue weighted by Crippen LogP contribution is 2.43. The van der Waals surface area contributed by atoms with Gasteiger partial charge in [-0.15, -0.1) is 0 Å². The molecule has 1 aromatic carbocycles. The monoisotopic (exact) mass is 282 g/mol. The topological polar surface area (TPSA) is 29.5 Å². The summed E-state index contributed by atoms with van der Waals surface area (Å²) in [7, 11) is 1.62. The third-order valence-electron chi connectivity index (χ3n) is 4.38. The number of hydrogen-bond acceptors (Lipinski definition) is 2. The van der Waals surface area contributed by atoms with E-state index >= 15 is 0 Å². The van der Waals surface area contributed by atoms with E-state index in [9.17, 15) is 5.11 Å². The zero-order valence-corrected chi connectivity index (χ0v) is 12.5. The first-order valence-corrected chi connectivity index (χ1v) is 7.55. The minimum atomic E-state index is -0.516. The number of hydrogen-bond donors (Lipinski definition) is 1. The van der Waals surface area contributed by atoms with Gasteiger partial charge in [-0.1, -0.05) is 43.9 Å². The highest BCUT2D eigenvalue weighted by molar-refractivity contribution is 6.31. The van der Waals surface area contributed by atoms with Crippen LogP contribution in [0.2, 0.25) is 5.02 Å². The van der Waals surface area contributed by atoms with E-state index in [1.807, 2.05) is 18.2 Å². The molecule has 1 fully saturated rings. The Morgan fingerprint density at radius 2 is 2.21 bits per heavy atom. The minimum Gasteiger partial charge on any atom is -0.496 e. The normalized spacial score (nSPS) is 25.1. The first-order valence-electron chi connectivity index (χ1n) is 7.17. The first-order chi connectivity index (χ1) is 9.17. The van der Waals surface area contributed by atoms with Crippen molar-refractivity contribution in [2.45, 2.75) is 45.1 Å². The molecule has 0 aliphatic heterocycles. The van der Waals surface area contributed by atoms with Crippen molar-refractivity contribution in [3.8, 4) is 5.75 Å². The Balaban J connectivity index is 2.21. The summed E-state index contributed by atoms with van der Waals surface area (Å²) in [5, 5.41) is 11.3. The zero-order chi connectivity index (χ0) is 13.8. The molecule has 1 saturated carbocycles. The van der Waals surface area contributed by atoms with Gasteiger partial charge >= 0.3 is 0 Å². The number of rotatable bonds is 4. The van der Waals surface area contributed by atoms with Crippen molar-refractivity contribution >= 4 is 11.6 Å². The number of ether oxygens (including phenoxy) is 1. The van der Waals surface area contributed by atoms with Crippen molar-refractivity contribution in [3.63, 3.8) is 0 Å². The average Bonchev–Trinajstić information content (AvgIpc) is 2.46. The van der Waals surface area contributed by atoms with Crippen molar-refractivity contribution in [2.24, 2.45) is 11.8 Å². The molecule has 0 aromatic heterocycles. The van der Waals surface area contributed by atoms with Crippen LogP contribution in [0.3, 0.4) is 0 Å². The third kappa shape index (κ3) is 3.24. The molecule has 1 aromatic rings. The van der Waals surface area contributed by atoms with Crippen LogP contribution in [0.25, 0.3) is 0 Å². The minimum absolute atomic E-state index is 0.299. The predicted octanol–water partition coefficient (Wildman–Crippen LogP) is 4.60. The van der Waals surface area contributed by atoms with E-state index in [0.29, 0.717) is 16.7 Å². The van der Waals surface area contributed by atoms with Gasteiger partial charge in [-0.3, -0.25) is 0 Å². The van der Waals surface area contributed by atoms with Gasteiger partial charge in [0.05, 0.1) is 18.2 Å². The fourth-order valence-corrected chi connectivity index (χ4v) is 3.49. The molecule has 0 amide bonds. The molecule has 0 spiro atoms. The molecule has 2 nitrogen and oxygen atoms in total. The molecule has 3 atom stereocenters. The van der Waals surface area contributed by atoms with Gasteiger partial charge in [0.15, 0.2) is 0 Å². The Labute approximate surface area is 120 Å². The first kappa shape index (κ1) is 14.7. The van der Waals surface area contributed by atoms with E-state index < -0.39 is 6.10 Å². The predicted molar refractivity (Wildman–Crippen MR) is 78.7 cm³/mol. The Hall–Kier alpha value is -0.730. The van der Waals surface area contributed by atoms with Crippen molar-refractivity contribution in [3.05, 3.63) is 28.8 Å². The largest absolute Gasteiger partial charge is 0.496 e. The molecule has 0 saturated heterocycles. The second-order valence-electron chi connectivity index (χ2n) is 5.50. The van der Waals surface area contributed by atoms with Crippen LogP contribution < -0.4 is 4.74 Å². The molecule has 1 aliphatic carbocycles. The molecule has 1 aliphatic rings. The maximum absolute atomic E-state index is 10.7. The van der Waals surface area contributed by atoms with Gasteiger partial charge in [-0.2, -0.15) is 0 Å². The van der Waals surface area contributed by atoms with Crippen LogP contribution in [-0.2, 0) is 0 Å². The van der Waals surface area contributed by atoms with Gasteiger partial charge in [-0.25, -0.2) is 0 Å². The van der Waals surface area contributed by atoms with Gasteiger partial charge in [-0.05, 0) is 36.8 Å². The lowest BCUT2D eigenvalue weighted by atomic mass is 9.76. The summed E-state index contributed by atoms with van der Waals surface area (Å²) in [6.45, 7) is 2.23. The highest BCUT2D eigenvalue weighted by atomic mass is 35.5. The second kappa shape index (κ2) is 6.62. The molecule has 0 heterocycles. The maximum atomic E-state index is 10.7. The van der Waals surface area contributed by atoms with Crippen LogP contribution in [-0.4, -0.2) is 12.2 Å². The molecule has 3 heteroatoms. The second-order valence-corrected chi connectivity index (χ2v) is 5.91. The maximum Gasteiger partial charge on any atom is 0.126 e. The Bertz CT molecular complexity index is 419. The molecular formula is C16H23ClO2. The molecule has 3 unspecified atom stereocenters. The fourth-order valence-electron chi connectivity index (χ4n) is 3.21. The van der Waals surface area contributed by atoms with E-state index in [0.717, 1.165) is 24.3 Å². The van der Waals surface area contributed by atoms with E-state index in [1.54, 1.807) is 7.11 Å². The summed E-state index contributed by atoms with van der Waals surface area (Å²) in [4.78, 5) is 0. The van der Waals surface area contributed by atoms with Gasteiger partial charge in [0, 0.05) is 5.56 Å². The van der Waals surface area contributed by atoms with E-state index in [-0.39, 0.29) is 0 Å². The van der Waals surface area contributed by atoms with Crippen molar-refractivity contribution in [2.75, 3.05) is 7.11 Å². The average molecular weight is 283 g/mol. The Morgan fingerprint density at radius 3 is 2.89 bits per heavy atom. The standard InChI is InChI=1S/C16H23ClO2/c1-3-11-6-4-7-12(10-11)16(18)15-13(17)8-5-9-14(15)19-2/h5,8-9,11-12,16,18H,3-4,6-7,10H2,1-2H3. The molecule has 1 N–H and O–H groups in total. The Morgan fingerprint density at radius 1 is 1.42 bits per heavy atom. The lowest BCUT2D eigenvalue weighted by Gasteiger charge is -2.32. The highest BCUT2D eigenvalue weighted by Gasteiger charge is 2.30. The summed E-state index contributed by atoms with van der Waals surface area (Å²) in [5.41, 5.74) is 0.758. The molecule has 19 heavy (non-hydrogen) atoms. The van der Waals surface area contributed by atoms with Gasteiger partial charge in [0.2, 0.25) is 0 Å². The summed E-state index contributed by atoms with van der Waals surface area (Å²) in [6.07, 6.45) is 5.34. The molecule has 0 radical (unpaired) electrons.